The lowest BCUT2D eigenvalue weighted by atomic mass is 10.0. The zero-order valence-corrected chi connectivity index (χ0v) is 19.6. The van der Waals surface area contributed by atoms with E-state index in [0.717, 1.165) is 6.92 Å². The van der Waals surface area contributed by atoms with Gasteiger partial charge in [0.25, 0.3) is 5.91 Å². The molecule has 1 amide bonds. The van der Waals surface area contributed by atoms with Crippen molar-refractivity contribution in [2.24, 2.45) is 0 Å². The first kappa shape index (κ1) is 26.9. The number of carbonyl (C=O) groups excluding carboxylic acids is 1. The molecule has 1 aliphatic rings. The van der Waals surface area contributed by atoms with Gasteiger partial charge in [-0.1, -0.05) is 0 Å². The number of pyridine rings is 2. The SMILES string of the molecule is Cc1c(C(F)(F)F)cnc(N2CCCN(CC(F)(F)F)CC2)c1C(=O)Nc1ccnc(S(C)=O)c1. The minimum atomic E-state index is -4.77. The van der Waals surface area contributed by atoms with Crippen molar-refractivity contribution in [3.8, 4) is 0 Å². The molecule has 0 radical (unpaired) electrons. The highest BCUT2D eigenvalue weighted by Gasteiger charge is 2.37. The number of carbonyl (C=O) groups is 1. The highest BCUT2D eigenvalue weighted by molar-refractivity contribution is 7.84. The molecule has 1 N–H and O–H groups in total. The second-order valence-corrected chi connectivity index (χ2v) is 9.34. The topological polar surface area (TPSA) is 78.4 Å². The molecule has 2 aromatic heterocycles. The highest BCUT2D eigenvalue weighted by atomic mass is 32.2. The van der Waals surface area contributed by atoms with Crippen molar-refractivity contribution in [3.05, 3.63) is 41.2 Å². The van der Waals surface area contributed by atoms with Gasteiger partial charge in [0.15, 0.2) is 0 Å². The molecule has 2 aromatic rings. The molecule has 14 heteroatoms. The zero-order valence-electron chi connectivity index (χ0n) is 18.8. The molecule has 0 saturated carbocycles. The van der Waals surface area contributed by atoms with Crippen LogP contribution in [-0.2, 0) is 17.0 Å². The maximum absolute atomic E-state index is 13.6. The van der Waals surface area contributed by atoms with E-state index in [1.54, 1.807) is 0 Å². The second-order valence-electron chi connectivity index (χ2n) is 8.02. The minimum Gasteiger partial charge on any atom is -0.355 e. The summed E-state index contributed by atoms with van der Waals surface area (Å²) in [5.41, 5.74) is -1.61. The maximum Gasteiger partial charge on any atom is 0.418 e. The van der Waals surface area contributed by atoms with E-state index >= 15 is 0 Å². The van der Waals surface area contributed by atoms with Crippen molar-refractivity contribution >= 4 is 28.2 Å². The number of hydrogen-bond donors (Lipinski definition) is 1. The van der Waals surface area contributed by atoms with Gasteiger partial charge in [0.2, 0.25) is 0 Å². The Morgan fingerprint density at radius 2 is 1.83 bits per heavy atom. The van der Waals surface area contributed by atoms with E-state index in [9.17, 15) is 35.3 Å². The molecule has 1 aliphatic heterocycles. The fourth-order valence-electron chi connectivity index (χ4n) is 3.82. The number of amides is 1. The first-order chi connectivity index (χ1) is 16.3. The lowest BCUT2D eigenvalue weighted by Crippen LogP contribution is -2.37. The quantitative estimate of drug-likeness (QED) is 0.600. The molecule has 0 spiro atoms. The molecular formula is C21H23F6N5O2S. The molecule has 1 atom stereocenters. The smallest absolute Gasteiger partial charge is 0.355 e. The van der Waals surface area contributed by atoms with Crippen molar-refractivity contribution < 1.29 is 35.3 Å². The third kappa shape index (κ3) is 6.90. The Kier molecular flexibility index (Phi) is 8.04. The summed E-state index contributed by atoms with van der Waals surface area (Å²) in [7, 11) is -1.46. The minimum absolute atomic E-state index is 0.00164. The number of nitrogens with zero attached hydrogens (tertiary/aromatic N) is 4. The molecule has 192 valence electrons. The van der Waals surface area contributed by atoms with Crippen LogP contribution in [0, 0.1) is 6.92 Å². The monoisotopic (exact) mass is 523 g/mol. The van der Waals surface area contributed by atoms with Crippen LogP contribution in [0.25, 0.3) is 0 Å². The molecule has 3 rings (SSSR count). The van der Waals surface area contributed by atoms with Crippen LogP contribution in [0.4, 0.5) is 37.8 Å². The molecule has 0 aliphatic carbocycles. The van der Waals surface area contributed by atoms with Crippen molar-refractivity contribution in [3.63, 3.8) is 0 Å². The Bertz CT molecular complexity index is 1110. The van der Waals surface area contributed by atoms with Crippen LogP contribution in [0.5, 0.6) is 0 Å². The Morgan fingerprint density at radius 3 is 2.46 bits per heavy atom. The molecule has 0 bridgehead atoms. The molecular weight excluding hydrogens is 500 g/mol. The number of nitrogens with one attached hydrogen (secondary N) is 1. The van der Waals surface area contributed by atoms with Crippen molar-refractivity contribution in [1.29, 1.82) is 0 Å². The summed E-state index contributed by atoms with van der Waals surface area (Å²) in [6.07, 6.45) is -5.53. The number of alkyl halides is 6. The van der Waals surface area contributed by atoms with E-state index in [0.29, 0.717) is 12.6 Å². The number of aromatic nitrogens is 2. The highest BCUT2D eigenvalue weighted by Crippen LogP contribution is 2.36. The summed E-state index contributed by atoms with van der Waals surface area (Å²) in [6, 6.07) is 2.73. The predicted molar refractivity (Wildman–Crippen MR) is 118 cm³/mol. The van der Waals surface area contributed by atoms with E-state index in [4.69, 9.17) is 0 Å². The normalized spacial score (nSPS) is 16.6. The summed E-state index contributed by atoms with van der Waals surface area (Å²) in [5.74, 6) is -0.929. The molecule has 7 nitrogen and oxygen atoms in total. The largest absolute Gasteiger partial charge is 0.418 e. The van der Waals surface area contributed by atoms with Gasteiger partial charge in [0.05, 0.1) is 28.5 Å². The average molecular weight is 524 g/mol. The van der Waals surface area contributed by atoms with Crippen LogP contribution >= 0.6 is 0 Å². The first-order valence-corrected chi connectivity index (χ1v) is 12.0. The predicted octanol–water partition coefficient (Wildman–Crippen LogP) is 3.87. The van der Waals surface area contributed by atoms with Crippen molar-refractivity contribution in [2.75, 3.05) is 49.2 Å². The average Bonchev–Trinajstić information content (AvgIpc) is 2.96. The summed E-state index contributed by atoms with van der Waals surface area (Å²) in [4.78, 5) is 23.8. The van der Waals surface area contributed by atoms with Gasteiger partial charge in [-0.3, -0.25) is 13.9 Å². The van der Waals surface area contributed by atoms with Gasteiger partial charge in [-0.2, -0.15) is 26.3 Å². The Hall–Kier alpha value is -2.74. The van der Waals surface area contributed by atoms with Gasteiger partial charge in [-0.05, 0) is 31.0 Å². The van der Waals surface area contributed by atoms with Crippen molar-refractivity contribution in [1.82, 2.24) is 14.9 Å². The van der Waals surface area contributed by atoms with Crippen LogP contribution in [-0.4, -0.2) is 70.1 Å². The number of hydrogen-bond acceptors (Lipinski definition) is 6. The van der Waals surface area contributed by atoms with Crippen LogP contribution < -0.4 is 10.2 Å². The van der Waals surface area contributed by atoms with Gasteiger partial charge < -0.3 is 10.2 Å². The van der Waals surface area contributed by atoms with E-state index in [2.05, 4.69) is 15.3 Å². The lowest BCUT2D eigenvalue weighted by molar-refractivity contribution is -0.145. The van der Waals surface area contributed by atoms with E-state index < -0.39 is 41.2 Å². The Balaban J connectivity index is 1.97. The fourth-order valence-corrected chi connectivity index (χ4v) is 4.32. The number of rotatable bonds is 5. The fraction of sp³-hybridized carbons (Fsp3) is 0.476. The summed E-state index contributed by atoms with van der Waals surface area (Å²) in [6.45, 7) is 0.444. The van der Waals surface area contributed by atoms with E-state index in [-0.39, 0.29) is 53.8 Å². The van der Waals surface area contributed by atoms with Crippen LogP contribution in [0.3, 0.4) is 0 Å². The van der Waals surface area contributed by atoms with E-state index in [1.165, 1.54) is 34.4 Å². The number of halogens is 6. The number of anilines is 2. The third-order valence-electron chi connectivity index (χ3n) is 5.43. The first-order valence-electron chi connectivity index (χ1n) is 10.5. The Labute approximate surface area is 200 Å². The Morgan fingerprint density at radius 1 is 1.11 bits per heavy atom. The third-order valence-corrected chi connectivity index (χ3v) is 6.24. The molecule has 1 saturated heterocycles. The van der Waals surface area contributed by atoms with Gasteiger partial charge in [0, 0.05) is 50.5 Å². The molecule has 1 fully saturated rings. The second kappa shape index (κ2) is 10.5. The van der Waals surface area contributed by atoms with E-state index in [1.807, 2.05) is 0 Å². The molecule has 3 heterocycles. The van der Waals surface area contributed by atoms with Gasteiger partial charge >= 0.3 is 12.4 Å². The summed E-state index contributed by atoms with van der Waals surface area (Å²) < 4.78 is 90.8. The van der Waals surface area contributed by atoms with Crippen LogP contribution in [0.15, 0.2) is 29.6 Å². The molecule has 0 aromatic carbocycles. The molecule has 35 heavy (non-hydrogen) atoms. The molecule has 1 unspecified atom stereocenters. The van der Waals surface area contributed by atoms with Crippen LogP contribution in [0.1, 0.15) is 27.9 Å². The standard InChI is InChI=1S/C21H23F6N5O2S/c1-13-15(21(25,26)27)11-29-18(32-7-3-6-31(8-9-32)12-20(22,23)24)17(13)19(33)30-14-4-5-28-16(10-14)35(2)34/h4-5,10-11H,3,6-9,12H2,1-2H3,(H,28,30,33). The lowest BCUT2D eigenvalue weighted by Gasteiger charge is -2.26. The van der Waals surface area contributed by atoms with Gasteiger partial charge in [-0.25, -0.2) is 9.97 Å². The van der Waals surface area contributed by atoms with Crippen molar-refractivity contribution in [2.45, 2.75) is 30.7 Å². The van der Waals surface area contributed by atoms with Gasteiger partial charge in [-0.15, -0.1) is 0 Å². The zero-order chi connectivity index (χ0) is 26.0. The summed E-state index contributed by atoms with van der Waals surface area (Å²) >= 11 is 0. The van der Waals surface area contributed by atoms with Gasteiger partial charge in [0.1, 0.15) is 10.8 Å². The maximum atomic E-state index is 13.6. The van der Waals surface area contributed by atoms with Crippen LogP contribution in [0.2, 0.25) is 0 Å². The summed E-state index contributed by atoms with van der Waals surface area (Å²) in [5, 5.41) is 2.67.